The van der Waals surface area contributed by atoms with Crippen LogP contribution >= 0.6 is 0 Å². The van der Waals surface area contributed by atoms with Crippen LogP contribution in [0.2, 0.25) is 0 Å². The number of allylic oxidation sites excluding steroid dienone is 1. The first-order chi connectivity index (χ1) is 15.6. The van der Waals surface area contributed by atoms with Gasteiger partial charge in [-0.15, -0.1) is 0 Å². The number of nitrogens with zero attached hydrogens (tertiary/aromatic N) is 5. The number of hydrogen-bond donors (Lipinski definition) is 0. The van der Waals surface area contributed by atoms with Crippen LogP contribution in [-0.2, 0) is 6.54 Å². The van der Waals surface area contributed by atoms with Gasteiger partial charge in [0.1, 0.15) is 17.5 Å². The highest BCUT2D eigenvalue weighted by Crippen LogP contribution is 2.32. The van der Waals surface area contributed by atoms with Crippen LogP contribution in [-0.4, -0.2) is 58.8 Å². The second-order valence-electron chi connectivity index (χ2n) is 9.11. The van der Waals surface area contributed by atoms with Crippen molar-refractivity contribution in [1.29, 1.82) is 0 Å². The lowest BCUT2D eigenvalue weighted by atomic mass is 9.95. The summed E-state index contributed by atoms with van der Waals surface area (Å²) in [6, 6.07) is 6.69. The summed E-state index contributed by atoms with van der Waals surface area (Å²) in [7, 11) is 0. The minimum atomic E-state index is -0.211. The molecule has 0 N–H and O–H groups in total. The zero-order valence-corrected chi connectivity index (χ0v) is 19.6. The van der Waals surface area contributed by atoms with E-state index in [1.807, 2.05) is 12.1 Å². The molecule has 1 aromatic carbocycles. The molecule has 3 heterocycles. The van der Waals surface area contributed by atoms with Crippen molar-refractivity contribution in [3.8, 4) is 11.3 Å². The van der Waals surface area contributed by atoms with E-state index in [0.29, 0.717) is 5.92 Å². The Kier molecular flexibility index (Phi) is 7.40. The quantitative estimate of drug-likeness (QED) is 0.526. The van der Waals surface area contributed by atoms with Crippen molar-refractivity contribution in [2.24, 2.45) is 4.99 Å². The molecule has 0 radical (unpaired) electrons. The topological polar surface area (TPSA) is 36.7 Å². The van der Waals surface area contributed by atoms with Gasteiger partial charge < -0.3 is 14.4 Å². The van der Waals surface area contributed by atoms with E-state index in [9.17, 15) is 4.39 Å². The van der Waals surface area contributed by atoms with E-state index < -0.39 is 0 Å². The Labute approximate surface area is 191 Å². The number of benzene rings is 1. The molecular weight excluding hydrogens is 401 g/mol. The van der Waals surface area contributed by atoms with Crippen LogP contribution in [0, 0.1) is 5.82 Å². The zero-order valence-electron chi connectivity index (χ0n) is 19.6. The van der Waals surface area contributed by atoms with Gasteiger partial charge in [-0.3, -0.25) is 0 Å². The van der Waals surface area contributed by atoms with Gasteiger partial charge in [0.2, 0.25) is 0 Å². The van der Waals surface area contributed by atoms with Crippen molar-refractivity contribution in [2.75, 3.05) is 32.7 Å². The van der Waals surface area contributed by atoms with Crippen LogP contribution in [0.5, 0.6) is 0 Å². The smallest absolute Gasteiger partial charge is 0.126 e. The molecule has 0 atom stereocenters. The summed E-state index contributed by atoms with van der Waals surface area (Å²) in [5, 5.41) is 0. The van der Waals surface area contributed by atoms with Gasteiger partial charge in [-0.25, -0.2) is 14.4 Å². The molecule has 0 saturated carbocycles. The lowest BCUT2D eigenvalue weighted by molar-refractivity contribution is 0.249. The van der Waals surface area contributed by atoms with Gasteiger partial charge in [0, 0.05) is 43.9 Å². The average molecular weight is 438 g/mol. The monoisotopic (exact) mass is 437 g/mol. The molecular formula is C26H36FN5. The van der Waals surface area contributed by atoms with Crippen molar-refractivity contribution in [1.82, 2.24) is 19.4 Å². The molecule has 2 aliphatic rings. The number of piperidine rings is 1. The average Bonchev–Trinajstić information content (AvgIpc) is 3.49. The third kappa shape index (κ3) is 5.12. The van der Waals surface area contributed by atoms with Crippen LogP contribution in [0.25, 0.3) is 11.3 Å². The molecule has 0 amide bonds. The van der Waals surface area contributed by atoms with E-state index in [0.717, 1.165) is 62.5 Å². The second kappa shape index (κ2) is 10.4. The Morgan fingerprint density at radius 1 is 1.09 bits per heavy atom. The van der Waals surface area contributed by atoms with Crippen LogP contribution in [0.15, 0.2) is 46.8 Å². The van der Waals surface area contributed by atoms with Gasteiger partial charge in [-0.05, 0) is 88.7 Å². The van der Waals surface area contributed by atoms with Gasteiger partial charge in [-0.2, -0.15) is 0 Å². The van der Waals surface area contributed by atoms with Crippen molar-refractivity contribution < 1.29 is 4.39 Å². The van der Waals surface area contributed by atoms with Gasteiger partial charge in [-0.1, -0.05) is 6.92 Å². The number of imidazole rings is 1. The summed E-state index contributed by atoms with van der Waals surface area (Å²) in [5.41, 5.74) is 3.22. The molecule has 32 heavy (non-hydrogen) atoms. The predicted molar refractivity (Wildman–Crippen MR) is 129 cm³/mol. The first-order valence-corrected chi connectivity index (χ1v) is 12.1. The summed E-state index contributed by atoms with van der Waals surface area (Å²) in [5.74, 6) is 2.44. The number of rotatable bonds is 8. The SMILES string of the molecule is C=N/C(=C(\C)CC)N1CCC(c2nc(-c3ccc(F)cc3)cn2CCN2CCCC2)CC1. The third-order valence-corrected chi connectivity index (χ3v) is 7.02. The largest absolute Gasteiger partial charge is 0.357 e. The van der Waals surface area contributed by atoms with E-state index in [4.69, 9.17) is 4.98 Å². The predicted octanol–water partition coefficient (Wildman–Crippen LogP) is 5.31. The number of halogens is 1. The number of aliphatic imine (C=N–C) groups is 1. The van der Waals surface area contributed by atoms with Gasteiger partial charge in [0.25, 0.3) is 0 Å². The maximum atomic E-state index is 13.4. The summed E-state index contributed by atoms with van der Waals surface area (Å²) in [6.07, 6.45) is 7.89. The molecule has 4 rings (SSSR count). The number of likely N-dealkylation sites (tertiary alicyclic amines) is 2. The first-order valence-electron chi connectivity index (χ1n) is 12.1. The molecule has 2 aliphatic heterocycles. The normalized spacial score (nSPS) is 18.8. The zero-order chi connectivity index (χ0) is 22.5. The Morgan fingerprint density at radius 2 is 1.78 bits per heavy atom. The highest BCUT2D eigenvalue weighted by molar-refractivity contribution is 5.58. The Balaban J connectivity index is 1.53. The highest BCUT2D eigenvalue weighted by Gasteiger charge is 2.27. The van der Waals surface area contributed by atoms with E-state index in [-0.39, 0.29) is 5.82 Å². The maximum absolute atomic E-state index is 13.4. The van der Waals surface area contributed by atoms with E-state index >= 15 is 0 Å². The Bertz CT molecular complexity index is 932. The minimum absolute atomic E-state index is 0.211. The molecule has 6 heteroatoms. The molecule has 2 aromatic rings. The van der Waals surface area contributed by atoms with Crippen LogP contribution in [0.1, 0.15) is 57.7 Å². The molecule has 2 fully saturated rings. The Morgan fingerprint density at radius 3 is 2.41 bits per heavy atom. The molecule has 0 spiro atoms. The first kappa shape index (κ1) is 22.7. The summed E-state index contributed by atoms with van der Waals surface area (Å²) in [4.78, 5) is 14.3. The van der Waals surface area contributed by atoms with Crippen molar-refractivity contribution in [2.45, 2.75) is 58.4 Å². The molecule has 1 aromatic heterocycles. The molecule has 0 unspecified atom stereocenters. The highest BCUT2D eigenvalue weighted by atomic mass is 19.1. The summed E-state index contributed by atoms with van der Waals surface area (Å²) < 4.78 is 15.8. The van der Waals surface area contributed by atoms with Gasteiger partial charge >= 0.3 is 0 Å². The van der Waals surface area contributed by atoms with Crippen LogP contribution in [0.4, 0.5) is 4.39 Å². The number of hydrogen-bond acceptors (Lipinski definition) is 4. The lowest BCUT2D eigenvalue weighted by Crippen LogP contribution is -2.33. The van der Waals surface area contributed by atoms with Crippen molar-refractivity contribution >= 4 is 6.72 Å². The van der Waals surface area contributed by atoms with Crippen LogP contribution < -0.4 is 0 Å². The van der Waals surface area contributed by atoms with E-state index in [1.54, 1.807) is 0 Å². The van der Waals surface area contributed by atoms with Gasteiger partial charge in [0.15, 0.2) is 0 Å². The second-order valence-corrected chi connectivity index (χ2v) is 9.11. The maximum Gasteiger partial charge on any atom is 0.126 e. The lowest BCUT2D eigenvalue weighted by Gasteiger charge is -2.34. The molecule has 5 nitrogen and oxygen atoms in total. The molecule has 0 aliphatic carbocycles. The van der Waals surface area contributed by atoms with Crippen molar-refractivity contribution in [3.63, 3.8) is 0 Å². The summed E-state index contributed by atoms with van der Waals surface area (Å²) in [6.45, 7) is 14.5. The van der Waals surface area contributed by atoms with Gasteiger partial charge in [0.05, 0.1) is 5.69 Å². The minimum Gasteiger partial charge on any atom is -0.357 e. The van der Waals surface area contributed by atoms with Crippen molar-refractivity contribution in [3.05, 3.63) is 53.5 Å². The standard InChI is InChI=1S/C26H36FN5/c1-4-20(2)25(28-3)31-15-11-22(12-16-31)26-29-24(21-7-9-23(27)10-8-21)19-32(26)18-17-30-13-5-6-14-30/h7-10,19,22H,3-6,11-18H2,1-2H3/b25-20-. The summed E-state index contributed by atoms with van der Waals surface area (Å²) >= 11 is 0. The molecule has 172 valence electrons. The van der Waals surface area contributed by atoms with E-state index in [1.165, 1.54) is 49.5 Å². The van der Waals surface area contributed by atoms with Crippen LogP contribution in [0.3, 0.4) is 0 Å². The fourth-order valence-corrected chi connectivity index (χ4v) is 4.96. The number of aromatic nitrogens is 2. The fraction of sp³-hybridized carbons (Fsp3) is 0.538. The molecule has 0 bridgehead atoms. The van der Waals surface area contributed by atoms with E-state index in [2.05, 4.69) is 46.1 Å². The third-order valence-electron chi connectivity index (χ3n) is 7.02. The fourth-order valence-electron chi connectivity index (χ4n) is 4.96. The molecule has 2 saturated heterocycles. The Hall–Kier alpha value is -2.47.